The number of carbonyl (C=O) groups excluding carboxylic acids is 1. The molecule has 3 rings (SSSR count). The van der Waals surface area contributed by atoms with Crippen molar-refractivity contribution in [3.05, 3.63) is 82.1 Å². The van der Waals surface area contributed by atoms with Crippen LogP contribution in [0.25, 0.3) is 0 Å². The molecule has 0 amide bonds. The second-order valence-electron chi connectivity index (χ2n) is 11.6. The van der Waals surface area contributed by atoms with Crippen molar-refractivity contribution >= 4 is 23.9 Å². The van der Waals surface area contributed by atoms with Gasteiger partial charge in [0.15, 0.2) is 0 Å². The van der Waals surface area contributed by atoms with E-state index in [0.29, 0.717) is 24.5 Å². The number of Topliss-reactive ketones (excluding diaryl/α,β-unsaturated/α-hetero) is 1. The molecule has 41 heavy (non-hydrogen) atoms. The van der Waals surface area contributed by atoms with Crippen molar-refractivity contribution in [1.29, 1.82) is 5.41 Å². The third-order valence-electron chi connectivity index (χ3n) is 8.42. The van der Waals surface area contributed by atoms with Gasteiger partial charge in [0, 0.05) is 43.1 Å². The Hall–Kier alpha value is -3.14. The Kier molecular flexibility index (Phi) is 13.9. The minimum atomic E-state index is -0.236. The summed E-state index contributed by atoms with van der Waals surface area (Å²) in [5.41, 5.74) is 7.88. The molecule has 2 atom stereocenters. The van der Waals surface area contributed by atoms with Crippen LogP contribution in [-0.4, -0.2) is 30.5 Å². The number of rotatable bonds is 16. The molecular weight excluding hydrogens is 502 g/mol. The summed E-state index contributed by atoms with van der Waals surface area (Å²) in [4.78, 5) is 22.4. The first-order valence-electron chi connectivity index (χ1n) is 15.9. The minimum Gasteiger partial charge on any atom is -0.309 e. The van der Waals surface area contributed by atoms with Crippen LogP contribution in [0, 0.1) is 17.2 Å². The van der Waals surface area contributed by atoms with Gasteiger partial charge in [-0.1, -0.05) is 87.6 Å². The average molecular weight is 554 g/mol. The SMILES string of the molecule is CCCC(C(=N)Cc1cccc(CC)c1)C(=O)CCCC(CC)CCC=C(C)/C=C1/N=C\C=C\CC2=C1C=NCC2. The molecule has 0 aliphatic carbocycles. The van der Waals surface area contributed by atoms with Crippen molar-refractivity contribution < 1.29 is 4.79 Å². The number of allylic oxidation sites excluding steroid dienone is 6. The number of benzene rings is 1. The number of hydrogen-bond donors (Lipinski definition) is 1. The zero-order valence-corrected chi connectivity index (χ0v) is 25.9. The van der Waals surface area contributed by atoms with Crippen molar-refractivity contribution in [2.24, 2.45) is 21.8 Å². The van der Waals surface area contributed by atoms with Crippen LogP contribution in [0.1, 0.15) is 103 Å². The highest BCUT2D eigenvalue weighted by molar-refractivity contribution is 6.04. The highest BCUT2D eigenvalue weighted by Gasteiger charge is 2.22. The maximum Gasteiger partial charge on any atom is 0.141 e. The fraction of sp³-hybridized carbons (Fsp3) is 0.514. The molecule has 0 saturated carbocycles. The number of ketones is 1. The van der Waals surface area contributed by atoms with Crippen LogP contribution in [0.15, 0.2) is 81.0 Å². The Morgan fingerprint density at radius 1 is 1.12 bits per heavy atom. The van der Waals surface area contributed by atoms with Crippen molar-refractivity contribution in [1.82, 2.24) is 0 Å². The van der Waals surface area contributed by atoms with Crippen molar-refractivity contribution in [2.45, 2.75) is 105 Å². The molecule has 0 bridgehead atoms. The van der Waals surface area contributed by atoms with E-state index in [2.05, 4.69) is 75.2 Å². The number of nitrogens with zero attached hydrogens (tertiary/aromatic N) is 2. The summed E-state index contributed by atoms with van der Waals surface area (Å²) in [6.07, 6.45) is 23.8. The Labute approximate surface area is 249 Å². The molecular formula is C37H51N3O. The maximum atomic E-state index is 13.2. The van der Waals surface area contributed by atoms with Gasteiger partial charge in [0.2, 0.25) is 0 Å². The molecule has 0 spiro atoms. The summed E-state index contributed by atoms with van der Waals surface area (Å²) in [6, 6.07) is 8.46. The number of nitrogens with one attached hydrogen (secondary N) is 1. The van der Waals surface area contributed by atoms with Gasteiger partial charge in [-0.2, -0.15) is 0 Å². The second-order valence-corrected chi connectivity index (χ2v) is 11.6. The summed E-state index contributed by atoms with van der Waals surface area (Å²) < 4.78 is 0. The molecule has 0 saturated heterocycles. The van der Waals surface area contributed by atoms with Gasteiger partial charge >= 0.3 is 0 Å². The summed E-state index contributed by atoms with van der Waals surface area (Å²) in [5.74, 6) is 0.639. The lowest BCUT2D eigenvalue weighted by Gasteiger charge is -2.18. The fourth-order valence-electron chi connectivity index (χ4n) is 5.85. The third-order valence-corrected chi connectivity index (χ3v) is 8.42. The molecule has 2 unspecified atom stereocenters. The quantitative estimate of drug-likeness (QED) is 0.204. The average Bonchev–Trinajstić information content (AvgIpc) is 2.97. The number of aliphatic imine (C=N–C) groups is 2. The first kappa shape index (κ1) is 32.4. The molecule has 0 aromatic heterocycles. The number of carbonyl (C=O) groups is 1. The molecule has 1 aromatic rings. The van der Waals surface area contributed by atoms with Crippen molar-refractivity contribution in [3.63, 3.8) is 0 Å². The first-order chi connectivity index (χ1) is 19.9. The lowest BCUT2D eigenvalue weighted by Crippen LogP contribution is -2.25. The van der Waals surface area contributed by atoms with Crippen molar-refractivity contribution in [2.75, 3.05) is 6.54 Å². The standard InChI is InChI=1S/C37H51N3O/c1-5-13-33(35(38)26-31-18-11-17-30(7-3)25-31)37(41)20-12-16-29(6-2)15-10-14-28(4)24-36-34-27-39-23-21-32(34)19-8-9-22-40-36/h8-9,11,14,17-18,22,24-25,27,29,33,38H,5-7,10,12-13,15-16,19-21,23,26H2,1-4H3/b9-8+,28-14?,36-24+,38-35?,40-22-. The van der Waals surface area contributed by atoms with Gasteiger partial charge in [-0.25, -0.2) is 0 Å². The van der Waals surface area contributed by atoms with E-state index in [0.717, 1.165) is 82.0 Å². The molecule has 0 fully saturated rings. The Morgan fingerprint density at radius 3 is 2.73 bits per heavy atom. The van der Waals surface area contributed by atoms with Gasteiger partial charge in [0.05, 0.1) is 11.6 Å². The largest absolute Gasteiger partial charge is 0.309 e. The van der Waals surface area contributed by atoms with Gasteiger partial charge in [0.1, 0.15) is 5.78 Å². The Morgan fingerprint density at radius 2 is 1.95 bits per heavy atom. The van der Waals surface area contributed by atoms with E-state index >= 15 is 0 Å². The van der Waals surface area contributed by atoms with Crippen LogP contribution in [0.5, 0.6) is 0 Å². The van der Waals surface area contributed by atoms with Gasteiger partial charge in [-0.3, -0.25) is 14.8 Å². The van der Waals surface area contributed by atoms with Crippen LogP contribution in [0.2, 0.25) is 0 Å². The predicted molar refractivity (Wildman–Crippen MR) is 177 cm³/mol. The minimum absolute atomic E-state index is 0.236. The highest BCUT2D eigenvalue weighted by atomic mass is 16.1. The van der Waals surface area contributed by atoms with Gasteiger partial charge in [-0.05, 0) is 81.1 Å². The Balaban J connectivity index is 1.50. The molecule has 2 heterocycles. The first-order valence-corrected chi connectivity index (χ1v) is 15.9. The molecule has 220 valence electrons. The third kappa shape index (κ3) is 10.6. The smallest absolute Gasteiger partial charge is 0.141 e. The summed E-state index contributed by atoms with van der Waals surface area (Å²) in [6.45, 7) is 9.56. The lowest BCUT2D eigenvalue weighted by atomic mass is 9.86. The van der Waals surface area contributed by atoms with E-state index < -0.39 is 0 Å². The molecule has 0 radical (unpaired) electrons. The molecule has 4 nitrogen and oxygen atoms in total. The van der Waals surface area contributed by atoms with E-state index in [1.165, 1.54) is 22.3 Å². The van der Waals surface area contributed by atoms with E-state index in [4.69, 9.17) is 10.4 Å². The van der Waals surface area contributed by atoms with Crippen LogP contribution in [0.4, 0.5) is 0 Å². The number of hydrogen-bond acceptors (Lipinski definition) is 4. The molecule has 2 aliphatic rings. The maximum absolute atomic E-state index is 13.2. The van der Waals surface area contributed by atoms with E-state index in [-0.39, 0.29) is 11.7 Å². The van der Waals surface area contributed by atoms with Crippen LogP contribution >= 0.6 is 0 Å². The zero-order valence-electron chi connectivity index (χ0n) is 25.9. The molecule has 1 N–H and O–H groups in total. The Bertz CT molecular complexity index is 1210. The number of aryl methyl sites for hydroxylation is 1. The van der Waals surface area contributed by atoms with Crippen molar-refractivity contribution in [3.8, 4) is 0 Å². The summed E-state index contributed by atoms with van der Waals surface area (Å²) in [5, 5.41) is 8.74. The van der Waals surface area contributed by atoms with Crippen LogP contribution in [0.3, 0.4) is 0 Å². The van der Waals surface area contributed by atoms with Gasteiger partial charge in [-0.15, -0.1) is 0 Å². The van der Waals surface area contributed by atoms with E-state index in [1.54, 1.807) is 0 Å². The fourth-order valence-corrected chi connectivity index (χ4v) is 5.85. The molecule has 4 heteroatoms. The van der Waals surface area contributed by atoms with Crippen LogP contribution < -0.4 is 0 Å². The monoisotopic (exact) mass is 553 g/mol. The molecule has 2 aliphatic heterocycles. The van der Waals surface area contributed by atoms with E-state index in [1.807, 2.05) is 18.5 Å². The highest BCUT2D eigenvalue weighted by Crippen LogP contribution is 2.26. The van der Waals surface area contributed by atoms with Gasteiger partial charge < -0.3 is 5.41 Å². The normalized spacial score (nSPS) is 19.3. The topological polar surface area (TPSA) is 65.6 Å². The summed E-state index contributed by atoms with van der Waals surface area (Å²) in [7, 11) is 0. The zero-order chi connectivity index (χ0) is 29.5. The summed E-state index contributed by atoms with van der Waals surface area (Å²) >= 11 is 0. The second kappa shape index (κ2) is 17.6. The lowest BCUT2D eigenvalue weighted by molar-refractivity contribution is -0.121. The molecule has 1 aromatic carbocycles. The number of dihydropyridines is 1. The predicted octanol–water partition coefficient (Wildman–Crippen LogP) is 9.41. The van der Waals surface area contributed by atoms with Crippen LogP contribution in [-0.2, 0) is 17.6 Å². The van der Waals surface area contributed by atoms with E-state index in [9.17, 15) is 4.79 Å². The van der Waals surface area contributed by atoms with Gasteiger partial charge in [0.25, 0.3) is 0 Å².